The third kappa shape index (κ3) is 4.64. The quantitative estimate of drug-likeness (QED) is 0.415. The normalized spacial score (nSPS) is 13.1. The zero-order valence-corrected chi connectivity index (χ0v) is 12.6. The number of hydrogen-bond acceptors (Lipinski definition) is 1. The molecule has 1 aromatic rings. The summed E-state index contributed by atoms with van der Waals surface area (Å²) < 4.78 is 1.59. The van der Waals surface area contributed by atoms with Crippen molar-refractivity contribution < 1.29 is 0 Å². The fourth-order valence-corrected chi connectivity index (χ4v) is 4.02. The van der Waals surface area contributed by atoms with E-state index in [1.807, 2.05) is 6.07 Å². The molecule has 0 aliphatic heterocycles. The molecule has 1 atom stereocenters. The first-order chi connectivity index (χ1) is 7.15. The predicted octanol–water partition coefficient (Wildman–Crippen LogP) is 6.46. The minimum Gasteiger partial charge on any atom is -0.111 e. The standard InChI is InChI=1S/C11H15BrCl2S/c1-2-3-4-5-6-9(12)8-7-10(13)15-11(8)14/h7,9H,2-6H2,1H3. The summed E-state index contributed by atoms with van der Waals surface area (Å²) in [6, 6.07) is 1.97. The molecule has 4 heteroatoms. The Bertz CT molecular complexity index is 299. The molecule has 0 radical (unpaired) electrons. The highest BCUT2D eigenvalue weighted by Crippen LogP contribution is 2.40. The molecule has 1 aromatic heterocycles. The van der Waals surface area contributed by atoms with Crippen molar-refractivity contribution in [3.8, 4) is 0 Å². The van der Waals surface area contributed by atoms with Gasteiger partial charge in [0, 0.05) is 4.83 Å². The zero-order chi connectivity index (χ0) is 11.3. The van der Waals surface area contributed by atoms with Gasteiger partial charge in [-0.05, 0) is 18.1 Å². The van der Waals surface area contributed by atoms with Crippen LogP contribution in [0.1, 0.15) is 49.4 Å². The fraction of sp³-hybridized carbons (Fsp3) is 0.636. The molecule has 1 heterocycles. The summed E-state index contributed by atoms with van der Waals surface area (Å²) >= 11 is 17.1. The lowest BCUT2D eigenvalue weighted by atomic mass is 10.1. The fourth-order valence-electron chi connectivity index (χ4n) is 1.47. The minimum absolute atomic E-state index is 0.352. The predicted molar refractivity (Wildman–Crippen MR) is 74.8 cm³/mol. The number of alkyl halides is 1. The summed E-state index contributed by atoms with van der Waals surface area (Å²) in [6.45, 7) is 2.22. The Morgan fingerprint density at radius 2 is 2.07 bits per heavy atom. The second-order valence-electron chi connectivity index (χ2n) is 3.60. The molecule has 0 saturated carbocycles. The van der Waals surface area contributed by atoms with Crippen LogP contribution < -0.4 is 0 Å². The molecule has 0 bridgehead atoms. The Balaban J connectivity index is 2.39. The SMILES string of the molecule is CCCCCCC(Br)c1cc(Cl)sc1Cl. The average molecular weight is 330 g/mol. The maximum Gasteiger partial charge on any atom is 0.0987 e. The Hall–Kier alpha value is 0.760. The monoisotopic (exact) mass is 328 g/mol. The van der Waals surface area contributed by atoms with Crippen molar-refractivity contribution in [1.29, 1.82) is 0 Å². The maximum atomic E-state index is 6.08. The second kappa shape index (κ2) is 7.16. The van der Waals surface area contributed by atoms with Gasteiger partial charge < -0.3 is 0 Å². The van der Waals surface area contributed by atoms with E-state index in [-0.39, 0.29) is 0 Å². The van der Waals surface area contributed by atoms with E-state index < -0.39 is 0 Å². The summed E-state index contributed by atoms with van der Waals surface area (Å²) in [5.41, 5.74) is 1.14. The van der Waals surface area contributed by atoms with Crippen LogP contribution in [-0.2, 0) is 0 Å². The van der Waals surface area contributed by atoms with Crippen molar-refractivity contribution in [3.05, 3.63) is 20.3 Å². The van der Waals surface area contributed by atoms with Crippen LogP contribution in [0.4, 0.5) is 0 Å². The Morgan fingerprint density at radius 1 is 1.33 bits per heavy atom. The number of halogens is 3. The van der Waals surface area contributed by atoms with Crippen molar-refractivity contribution in [2.24, 2.45) is 0 Å². The molecule has 0 amide bonds. The molecule has 0 aliphatic carbocycles. The van der Waals surface area contributed by atoms with Crippen molar-refractivity contribution in [2.45, 2.75) is 43.9 Å². The molecule has 1 unspecified atom stereocenters. The van der Waals surface area contributed by atoms with Crippen LogP contribution in [-0.4, -0.2) is 0 Å². The zero-order valence-electron chi connectivity index (χ0n) is 8.73. The first-order valence-electron chi connectivity index (χ1n) is 5.24. The molecule has 0 saturated heterocycles. The van der Waals surface area contributed by atoms with E-state index in [4.69, 9.17) is 23.2 Å². The van der Waals surface area contributed by atoms with Crippen LogP contribution in [0, 0.1) is 0 Å². The lowest BCUT2D eigenvalue weighted by Gasteiger charge is -2.08. The van der Waals surface area contributed by atoms with Gasteiger partial charge in [0.2, 0.25) is 0 Å². The Morgan fingerprint density at radius 3 is 2.60 bits per heavy atom. The minimum atomic E-state index is 0.352. The first-order valence-corrected chi connectivity index (χ1v) is 7.72. The van der Waals surface area contributed by atoms with Crippen LogP contribution >= 0.6 is 50.5 Å². The third-order valence-electron chi connectivity index (χ3n) is 2.33. The average Bonchev–Trinajstić information content (AvgIpc) is 2.52. The summed E-state index contributed by atoms with van der Waals surface area (Å²) in [6.07, 6.45) is 6.27. The topological polar surface area (TPSA) is 0 Å². The molecule has 0 N–H and O–H groups in total. The molecule has 86 valence electrons. The van der Waals surface area contributed by atoms with Crippen molar-refractivity contribution in [2.75, 3.05) is 0 Å². The van der Waals surface area contributed by atoms with Crippen LogP contribution in [0.25, 0.3) is 0 Å². The number of unbranched alkanes of at least 4 members (excludes halogenated alkanes) is 3. The number of thiophene rings is 1. The Labute approximate surface area is 114 Å². The highest BCUT2D eigenvalue weighted by molar-refractivity contribution is 9.09. The number of rotatable bonds is 6. The van der Waals surface area contributed by atoms with Gasteiger partial charge in [-0.25, -0.2) is 0 Å². The van der Waals surface area contributed by atoms with E-state index >= 15 is 0 Å². The molecular weight excluding hydrogens is 315 g/mol. The molecule has 0 fully saturated rings. The molecular formula is C11H15BrCl2S. The van der Waals surface area contributed by atoms with E-state index in [2.05, 4.69) is 22.9 Å². The van der Waals surface area contributed by atoms with Gasteiger partial charge in [-0.3, -0.25) is 0 Å². The molecule has 0 aromatic carbocycles. The molecule has 0 aliphatic rings. The third-order valence-corrected chi connectivity index (χ3v) is 4.80. The van der Waals surface area contributed by atoms with E-state index in [1.54, 1.807) is 0 Å². The summed E-state index contributed by atoms with van der Waals surface area (Å²) in [5.74, 6) is 0. The molecule has 1 rings (SSSR count). The van der Waals surface area contributed by atoms with Gasteiger partial charge in [-0.2, -0.15) is 0 Å². The summed E-state index contributed by atoms with van der Waals surface area (Å²) in [5, 5.41) is 0. The summed E-state index contributed by atoms with van der Waals surface area (Å²) in [7, 11) is 0. The first kappa shape index (κ1) is 13.8. The van der Waals surface area contributed by atoms with E-state index in [1.165, 1.54) is 37.0 Å². The largest absolute Gasteiger partial charge is 0.111 e. The van der Waals surface area contributed by atoms with Crippen molar-refractivity contribution in [1.82, 2.24) is 0 Å². The van der Waals surface area contributed by atoms with Gasteiger partial charge in [0.05, 0.1) is 8.67 Å². The van der Waals surface area contributed by atoms with Crippen LogP contribution in [0.2, 0.25) is 8.67 Å². The number of hydrogen-bond donors (Lipinski definition) is 0. The van der Waals surface area contributed by atoms with E-state index in [9.17, 15) is 0 Å². The van der Waals surface area contributed by atoms with Gasteiger partial charge >= 0.3 is 0 Å². The highest BCUT2D eigenvalue weighted by atomic mass is 79.9. The van der Waals surface area contributed by atoms with Gasteiger partial charge in [0.1, 0.15) is 0 Å². The van der Waals surface area contributed by atoms with Gasteiger partial charge in [0.25, 0.3) is 0 Å². The van der Waals surface area contributed by atoms with Crippen LogP contribution in [0.3, 0.4) is 0 Å². The second-order valence-corrected chi connectivity index (χ2v) is 6.99. The summed E-state index contributed by atoms with van der Waals surface area (Å²) in [4.78, 5) is 0.352. The van der Waals surface area contributed by atoms with Crippen LogP contribution in [0.5, 0.6) is 0 Å². The van der Waals surface area contributed by atoms with E-state index in [0.717, 1.165) is 20.7 Å². The highest BCUT2D eigenvalue weighted by Gasteiger charge is 2.14. The smallest absolute Gasteiger partial charge is 0.0987 e. The molecule has 0 nitrogen and oxygen atoms in total. The lowest BCUT2D eigenvalue weighted by Crippen LogP contribution is -1.88. The maximum absolute atomic E-state index is 6.08. The van der Waals surface area contributed by atoms with Gasteiger partial charge in [-0.15, -0.1) is 11.3 Å². The van der Waals surface area contributed by atoms with Crippen molar-refractivity contribution in [3.63, 3.8) is 0 Å². The Kier molecular flexibility index (Phi) is 6.60. The lowest BCUT2D eigenvalue weighted by molar-refractivity contribution is 0.630. The van der Waals surface area contributed by atoms with Crippen molar-refractivity contribution >= 4 is 50.5 Å². The van der Waals surface area contributed by atoms with E-state index in [0.29, 0.717) is 4.83 Å². The van der Waals surface area contributed by atoms with Gasteiger partial charge in [-0.1, -0.05) is 71.7 Å². The molecule has 0 spiro atoms. The molecule has 15 heavy (non-hydrogen) atoms. The van der Waals surface area contributed by atoms with Crippen LogP contribution in [0.15, 0.2) is 6.07 Å². The van der Waals surface area contributed by atoms with Gasteiger partial charge in [0.15, 0.2) is 0 Å².